The van der Waals surface area contributed by atoms with Gasteiger partial charge in [-0.15, -0.1) is 11.3 Å². The lowest BCUT2D eigenvalue weighted by atomic mass is 10.2. The molecule has 3 rings (SSSR count). The second-order valence-corrected chi connectivity index (χ2v) is 7.03. The Labute approximate surface area is 130 Å². The molecule has 5 nitrogen and oxygen atoms in total. The minimum Gasteiger partial charge on any atom is -0.378 e. The number of anilines is 1. The highest BCUT2D eigenvalue weighted by Gasteiger charge is 2.23. The molecule has 118 valence electrons. The van der Waals surface area contributed by atoms with Crippen LogP contribution in [-0.4, -0.2) is 44.4 Å². The van der Waals surface area contributed by atoms with Crippen molar-refractivity contribution in [1.82, 2.24) is 10.3 Å². The lowest BCUT2D eigenvalue weighted by molar-refractivity contribution is 0.116. The van der Waals surface area contributed by atoms with Crippen molar-refractivity contribution in [2.45, 2.75) is 51.0 Å². The van der Waals surface area contributed by atoms with E-state index in [2.05, 4.69) is 17.3 Å². The maximum Gasteiger partial charge on any atom is 0.185 e. The van der Waals surface area contributed by atoms with E-state index < -0.39 is 0 Å². The second-order valence-electron chi connectivity index (χ2n) is 5.97. The van der Waals surface area contributed by atoms with Crippen LogP contribution in [0.5, 0.6) is 0 Å². The van der Waals surface area contributed by atoms with Gasteiger partial charge in [0.2, 0.25) is 0 Å². The second kappa shape index (κ2) is 7.05. The molecular formula is C15H25N3O2S. The summed E-state index contributed by atoms with van der Waals surface area (Å²) in [5.41, 5.74) is 1.07. The molecule has 6 heteroatoms. The van der Waals surface area contributed by atoms with Gasteiger partial charge in [0.25, 0.3) is 0 Å². The van der Waals surface area contributed by atoms with E-state index >= 15 is 0 Å². The standard InChI is InChI=1S/C15H25N3O2S/c1-18(9-12-4-3-7-20-12)15-17-13(10-19-2)14(21-15)8-16-11-5-6-11/h11-12,16H,3-10H2,1-2H3. The zero-order valence-corrected chi connectivity index (χ0v) is 13.7. The van der Waals surface area contributed by atoms with Gasteiger partial charge in [-0.2, -0.15) is 0 Å². The Bertz CT molecular complexity index is 456. The van der Waals surface area contributed by atoms with Crippen molar-refractivity contribution in [2.24, 2.45) is 0 Å². The number of aromatic nitrogens is 1. The molecule has 0 amide bonds. The van der Waals surface area contributed by atoms with E-state index in [-0.39, 0.29) is 0 Å². The number of methoxy groups -OCH3 is 1. The summed E-state index contributed by atoms with van der Waals surface area (Å²) in [6.07, 6.45) is 5.32. The zero-order valence-electron chi connectivity index (χ0n) is 12.9. The number of hydrogen-bond donors (Lipinski definition) is 1. The van der Waals surface area contributed by atoms with Crippen LogP contribution in [0.3, 0.4) is 0 Å². The smallest absolute Gasteiger partial charge is 0.185 e. The van der Waals surface area contributed by atoms with E-state index in [1.165, 1.54) is 24.1 Å². The van der Waals surface area contributed by atoms with Crippen molar-refractivity contribution in [1.29, 1.82) is 0 Å². The van der Waals surface area contributed by atoms with E-state index in [1.54, 1.807) is 18.4 Å². The monoisotopic (exact) mass is 311 g/mol. The molecule has 1 aromatic rings. The fourth-order valence-electron chi connectivity index (χ4n) is 2.62. The minimum absolute atomic E-state index is 0.359. The van der Waals surface area contributed by atoms with Crippen molar-refractivity contribution in [3.63, 3.8) is 0 Å². The van der Waals surface area contributed by atoms with Crippen molar-refractivity contribution in [3.05, 3.63) is 10.6 Å². The fraction of sp³-hybridized carbons (Fsp3) is 0.800. The fourth-order valence-corrected chi connectivity index (χ4v) is 3.60. The summed E-state index contributed by atoms with van der Waals surface area (Å²) in [6, 6.07) is 0.718. The average molecular weight is 311 g/mol. The normalized spacial score (nSPS) is 21.9. The molecular weight excluding hydrogens is 286 g/mol. The summed E-state index contributed by atoms with van der Waals surface area (Å²) in [4.78, 5) is 8.29. The highest BCUT2D eigenvalue weighted by atomic mass is 32.1. The van der Waals surface area contributed by atoms with Crippen LogP contribution in [0.1, 0.15) is 36.3 Å². The highest BCUT2D eigenvalue weighted by molar-refractivity contribution is 7.15. The molecule has 1 saturated carbocycles. The van der Waals surface area contributed by atoms with E-state index in [4.69, 9.17) is 14.5 Å². The van der Waals surface area contributed by atoms with E-state index in [0.717, 1.165) is 43.0 Å². The number of ether oxygens (including phenoxy) is 2. The lowest BCUT2D eigenvalue weighted by Gasteiger charge is -2.19. The van der Waals surface area contributed by atoms with Gasteiger partial charge in [0.15, 0.2) is 5.13 Å². The van der Waals surface area contributed by atoms with Crippen molar-refractivity contribution in [2.75, 3.05) is 32.2 Å². The van der Waals surface area contributed by atoms with Gasteiger partial charge in [-0.25, -0.2) is 4.98 Å². The number of nitrogens with one attached hydrogen (secondary N) is 1. The van der Waals surface area contributed by atoms with Crippen LogP contribution in [0.25, 0.3) is 0 Å². The van der Waals surface area contributed by atoms with Gasteiger partial charge in [0, 0.05) is 44.8 Å². The Balaban J connectivity index is 1.63. The number of likely N-dealkylation sites (N-methyl/N-ethyl adjacent to an activating group) is 1. The molecule has 1 aliphatic carbocycles. The Morgan fingerprint density at radius 3 is 2.95 bits per heavy atom. The van der Waals surface area contributed by atoms with Gasteiger partial charge in [0.05, 0.1) is 18.4 Å². The van der Waals surface area contributed by atoms with Crippen LogP contribution >= 0.6 is 11.3 Å². The maximum atomic E-state index is 5.72. The quantitative estimate of drug-likeness (QED) is 0.797. The Hall–Kier alpha value is -0.690. The summed E-state index contributed by atoms with van der Waals surface area (Å²) in [5, 5.41) is 4.64. The predicted molar refractivity (Wildman–Crippen MR) is 84.9 cm³/mol. The molecule has 0 bridgehead atoms. The largest absolute Gasteiger partial charge is 0.378 e. The SMILES string of the molecule is COCc1nc(N(C)CC2CCCO2)sc1CNC1CC1. The summed E-state index contributed by atoms with van der Waals surface area (Å²) in [6.45, 7) is 3.33. The van der Waals surface area contributed by atoms with Crippen LogP contribution in [0.4, 0.5) is 5.13 Å². The first-order chi connectivity index (χ1) is 10.3. The molecule has 2 aliphatic rings. The van der Waals surface area contributed by atoms with Crippen molar-refractivity contribution < 1.29 is 9.47 Å². The van der Waals surface area contributed by atoms with Crippen LogP contribution in [0, 0.1) is 0 Å². The van der Waals surface area contributed by atoms with Gasteiger partial charge >= 0.3 is 0 Å². The summed E-state index contributed by atoms with van der Waals surface area (Å²) < 4.78 is 11.0. The van der Waals surface area contributed by atoms with Gasteiger partial charge < -0.3 is 19.7 Å². The van der Waals surface area contributed by atoms with Gasteiger partial charge in [0.1, 0.15) is 0 Å². The summed E-state index contributed by atoms with van der Waals surface area (Å²) in [7, 11) is 3.84. The number of thiazole rings is 1. The molecule has 2 fully saturated rings. The van der Waals surface area contributed by atoms with E-state index in [1.807, 2.05) is 0 Å². The van der Waals surface area contributed by atoms with Crippen LogP contribution < -0.4 is 10.2 Å². The molecule has 1 aromatic heterocycles. The molecule has 1 saturated heterocycles. The Kier molecular flexibility index (Phi) is 5.11. The summed E-state index contributed by atoms with van der Waals surface area (Å²) in [5.74, 6) is 0. The van der Waals surface area contributed by atoms with Crippen LogP contribution in [0.2, 0.25) is 0 Å². The molecule has 0 radical (unpaired) electrons. The first kappa shape index (κ1) is 15.2. The highest BCUT2D eigenvalue weighted by Crippen LogP contribution is 2.28. The molecule has 1 unspecified atom stereocenters. The molecule has 1 N–H and O–H groups in total. The van der Waals surface area contributed by atoms with Gasteiger partial charge in [-0.05, 0) is 25.7 Å². The summed E-state index contributed by atoms with van der Waals surface area (Å²) >= 11 is 1.78. The number of rotatable bonds is 8. The third-order valence-corrected chi connectivity index (χ3v) is 5.22. The average Bonchev–Trinajstić information content (AvgIpc) is 2.99. The molecule has 1 atom stereocenters. The van der Waals surface area contributed by atoms with Crippen molar-refractivity contribution >= 4 is 16.5 Å². The number of nitrogens with zero attached hydrogens (tertiary/aromatic N) is 2. The topological polar surface area (TPSA) is 46.6 Å². The molecule has 1 aliphatic heterocycles. The van der Waals surface area contributed by atoms with E-state index in [9.17, 15) is 0 Å². The molecule has 0 spiro atoms. The zero-order chi connectivity index (χ0) is 14.7. The van der Waals surface area contributed by atoms with Crippen molar-refractivity contribution in [3.8, 4) is 0 Å². The third-order valence-electron chi connectivity index (χ3n) is 4.00. The van der Waals surface area contributed by atoms with Crippen LogP contribution in [-0.2, 0) is 22.6 Å². The van der Waals surface area contributed by atoms with E-state index in [0.29, 0.717) is 12.7 Å². The third kappa shape index (κ3) is 4.16. The Morgan fingerprint density at radius 1 is 1.43 bits per heavy atom. The predicted octanol–water partition coefficient (Wildman–Crippen LogP) is 2.16. The molecule has 2 heterocycles. The molecule has 21 heavy (non-hydrogen) atoms. The first-order valence-corrected chi connectivity index (χ1v) is 8.61. The molecule has 0 aromatic carbocycles. The van der Waals surface area contributed by atoms with Gasteiger partial charge in [-0.3, -0.25) is 0 Å². The van der Waals surface area contributed by atoms with Crippen LogP contribution in [0.15, 0.2) is 0 Å². The Morgan fingerprint density at radius 2 is 2.29 bits per heavy atom. The van der Waals surface area contributed by atoms with Gasteiger partial charge in [-0.1, -0.05) is 0 Å². The maximum absolute atomic E-state index is 5.72. The number of hydrogen-bond acceptors (Lipinski definition) is 6. The lowest BCUT2D eigenvalue weighted by Crippen LogP contribution is -2.28. The first-order valence-electron chi connectivity index (χ1n) is 7.80. The minimum atomic E-state index is 0.359.